The van der Waals surface area contributed by atoms with Crippen molar-refractivity contribution in [1.29, 1.82) is 0 Å². The van der Waals surface area contributed by atoms with E-state index >= 15 is 0 Å². The van der Waals surface area contributed by atoms with Crippen molar-refractivity contribution in [3.8, 4) is 11.5 Å². The molecular weight excluding hydrogens is 360 g/mol. The van der Waals surface area contributed by atoms with Gasteiger partial charge in [-0.3, -0.25) is 0 Å². The molecule has 3 aromatic carbocycles. The monoisotopic (exact) mass is 388 g/mol. The summed E-state index contributed by atoms with van der Waals surface area (Å²) in [5.74, 6) is 1.05. The second kappa shape index (κ2) is 9.20. The predicted octanol–water partition coefficient (Wildman–Crippen LogP) is 5.85. The molecule has 0 bridgehead atoms. The van der Waals surface area contributed by atoms with E-state index in [4.69, 9.17) is 4.74 Å². The van der Waals surface area contributed by atoms with Crippen LogP contribution >= 0.6 is 0 Å². The Hall–Kier alpha value is -3.40. The van der Waals surface area contributed by atoms with Gasteiger partial charge < -0.3 is 20.5 Å². The van der Waals surface area contributed by atoms with Crippen LogP contribution in [-0.4, -0.2) is 25.8 Å². The van der Waals surface area contributed by atoms with E-state index in [9.17, 15) is 5.11 Å². The Morgan fingerprint density at radius 1 is 0.862 bits per heavy atom. The fraction of sp³-hybridized carbons (Fsp3) is 0.200. The molecule has 0 aliphatic rings. The minimum absolute atomic E-state index is 0.247. The smallest absolute Gasteiger partial charge is 0.152 e. The van der Waals surface area contributed by atoms with Crippen LogP contribution in [0.25, 0.3) is 11.1 Å². The summed E-state index contributed by atoms with van der Waals surface area (Å²) in [5, 5.41) is 16.3. The van der Waals surface area contributed by atoms with Gasteiger partial charge in [0, 0.05) is 19.7 Å². The van der Waals surface area contributed by atoms with Crippen LogP contribution in [0.3, 0.4) is 0 Å². The van der Waals surface area contributed by atoms with E-state index in [0.29, 0.717) is 6.61 Å². The first-order valence-corrected chi connectivity index (χ1v) is 9.82. The van der Waals surface area contributed by atoms with Crippen molar-refractivity contribution in [3.05, 3.63) is 83.4 Å². The SMILES string of the molecule is CCOc1c(/C(=C(/C)c2ccccc2)c2ccc(O)cc2)ccc(NC)c1NC. The third-order valence-corrected chi connectivity index (χ3v) is 4.97. The normalized spacial score (nSPS) is 11.6. The maximum Gasteiger partial charge on any atom is 0.152 e. The summed E-state index contributed by atoms with van der Waals surface area (Å²) in [6, 6.07) is 21.8. The summed E-state index contributed by atoms with van der Waals surface area (Å²) in [4.78, 5) is 0. The zero-order valence-electron chi connectivity index (χ0n) is 17.4. The molecule has 3 rings (SSSR count). The fourth-order valence-electron chi connectivity index (χ4n) is 3.56. The van der Waals surface area contributed by atoms with E-state index < -0.39 is 0 Å². The molecule has 0 heterocycles. The molecule has 3 aromatic rings. The second-order valence-electron chi connectivity index (χ2n) is 6.71. The van der Waals surface area contributed by atoms with E-state index in [1.807, 2.05) is 51.4 Å². The molecule has 0 saturated carbocycles. The standard InChI is InChI=1S/C25H28N2O2/c1-5-29-25-21(15-16-22(26-3)24(25)27-4)23(19-11-13-20(28)14-12-19)17(2)18-9-7-6-8-10-18/h6-16,26-28H,5H2,1-4H3/b23-17-. The van der Waals surface area contributed by atoms with Gasteiger partial charge in [0.05, 0.1) is 12.3 Å². The van der Waals surface area contributed by atoms with Crippen LogP contribution in [0.4, 0.5) is 11.4 Å². The Bertz CT molecular complexity index is 993. The number of allylic oxidation sites excluding steroid dienone is 1. The zero-order chi connectivity index (χ0) is 20.8. The van der Waals surface area contributed by atoms with Gasteiger partial charge in [-0.15, -0.1) is 0 Å². The zero-order valence-corrected chi connectivity index (χ0v) is 17.4. The first-order valence-electron chi connectivity index (χ1n) is 9.82. The molecule has 0 aliphatic carbocycles. The highest BCUT2D eigenvalue weighted by molar-refractivity contribution is 6.01. The Kier molecular flexibility index (Phi) is 6.45. The molecule has 29 heavy (non-hydrogen) atoms. The second-order valence-corrected chi connectivity index (χ2v) is 6.71. The number of aromatic hydroxyl groups is 1. The molecule has 0 atom stereocenters. The average molecular weight is 389 g/mol. The highest BCUT2D eigenvalue weighted by Gasteiger charge is 2.20. The van der Waals surface area contributed by atoms with Gasteiger partial charge in [-0.25, -0.2) is 0 Å². The van der Waals surface area contributed by atoms with Crippen molar-refractivity contribution in [1.82, 2.24) is 0 Å². The lowest BCUT2D eigenvalue weighted by atomic mass is 9.89. The number of nitrogens with one attached hydrogen (secondary N) is 2. The van der Waals surface area contributed by atoms with E-state index in [0.717, 1.165) is 45.0 Å². The topological polar surface area (TPSA) is 53.5 Å². The van der Waals surface area contributed by atoms with Crippen LogP contribution in [-0.2, 0) is 0 Å². The van der Waals surface area contributed by atoms with Crippen LogP contribution in [0.2, 0.25) is 0 Å². The number of benzene rings is 3. The van der Waals surface area contributed by atoms with E-state index in [2.05, 4.69) is 41.8 Å². The molecular formula is C25H28N2O2. The Morgan fingerprint density at radius 2 is 1.55 bits per heavy atom. The maximum atomic E-state index is 9.79. The molecule has 0 aliphatic heterocycles. The van der Waals surface area contributed by atoms with Crippen molar-refractivity contribution < 1.29 is 9.84 Å². The van der Waals surface area contributed by atoms with Crippen molar-refractivity contribution >= 4 is 22.5 Å². The van der Waals surface area contributed by atoms with Crippen LogP contribution in [0.5, 0.6) is 11.5 Å². The third-order valence-electron chi connectivity index (χ3n) is 4.97. The summed E-state index contributed by atoms with van der Waals surface area (Å²) < 4.78 is 6.13. The molecule has 3 N–H and O–H groups in total. The number of hydrogen-bond donors (Lipinski definition) is 3. The lowest BCUT2D eigenvalue weighted by Crippen LogP contribution is -2.05. The largest absolute Gasteiger partial charge is 0.508 e. The van der Waals surface area contributed by atoms with Gasteiger partial charge in [0.15, 0.2) is 5.75 Å². The summed E-state index contributed by atoms with van der Waals surface area (Å²) in [7, 11) is 3.80. The molecule has 0 radical (unpaired) electrons. The lowest BCUT2D eigenvalue weighted by molar-refractivity contribution is 0.341. The Balaban J connectivity index is 2.34. The minimum Gasteiger partial charge on any atom is -0.508 e. The van der Waals surface area contributed by atoms with E-state index in [1.165, 1.54) is 0 Å². The summed E-state index contributed by atoms with van der Waals surface area (Å²) in [6.07, 6.45) is 0. The molecule has 0 unspecified atom stereocenters. The van der Waals surface area contributed by atoms with Gasteiger partial charge in [0.25, 0.3) is 0 Å². The summed E-state index contributed by atoms with van der Waals surface area (Å²) in [5.41, 5.74) is 7.26. The molecule has 4 nitrogen and oxygen atoms in total. The number of rotatable bonds is 7. The maximum absolute atomic E-state index is 9.79. The minimum atomic E-state index is 0.247. The Morgan fingerprint density at radius 3 is 2.14 bits per heavy atom. The quantitative estimate of drug-likeness (QED) is 0.444. The van der Waals surface area contributed by atoms with Gasteiger partial charge in [0.1, 0.15) is 11.4 Å². The fourth-order valence-corrected chi connectivity index (χ4v) is 3.56. The molecule has 0 amide bonds. The Labute approximate surface area is 172 Å². The number of hydrogen-bond acceptors (Lipinski definition) is 4. The van der Waals surface area contributed by atoms with Gasteiger partial charge >= 0.3 is 0 Å². The van der Waals surface area contributed by atoms with Gasteiger partial charge in [-0.05, 0) is 60.4 Å². The van der Waals surface area contributed by atoms with Crippen molar-refractivity contribution in [3.63, 3.8) is 0 Å². The van der Waals surface area contributed by atoms with E-state index in [-0.39, 0.29) is 5.75 Å². The van der Waals surface area contributed by atoms with Crippen molar-refractivity contribution in [2.45, 2.75) is 13.8 Å². The third kappa shape index (κ3) is 4.21. The molecule has 150 valence electrons. The summed E-state index contributed by atoms with van der Waals surface area (Å²) in [6.45, 7) is 4.67. The first kappa shape index (κ1) is 20.3. The molecule has 0 saturated heterocycles. The van der Waals surface area contributed by atoms with Gasteiger partial charge in [-0.1, -0.05) is 42.5 Å². The first-order chi connectivity index (χ1) is 14.1. The van der Waals surface area contributed by atoms with Crippen molar-refractivity contribution in [2.75, 3.05) is 31.3 Å². The summed E-state index contributed by atoms with van der Waals surface area (Å²) >= 11 is 0. The van der Waals surface area contributed by atoms with Crippen LogP contribution in [0, 0.1) is 0 Å². The van der Waals surface area contributed by atoms with Crippen LogP contribution in [0.1, 0.15) is 30.5 Å². The number of anilines is 2. The van der Waals surface area contributed by atoms with Crippen molar-refractivity contribution in [2.24, 2.45) is 0 Å². The molecule has 0 aromatic heterocycles. The highest BCUT2D eigenvalue weighted by Crippen LogP contribution is 2.43. The molecule has 0 spiro atoms. The predicted molar refractivity (Wildman–Crippen MR) is 123 cm³/mol. The number of ether oxygens (including phenoxy) is 1. The van der Waals surface area contributed by atoms with Gasteiger partial charge in [-0.2, -0.15) is 0 Å². The van der Waals surface area contributed by atoms with E-state index in [1.54, 1.807) is 12.1 Å². The number of phenols is 1. The molecule has 0 fully saturated rings. The lowest BCUT2D eigenvalue weighted by Gasteiger charge is -2.22. The number of phenolic OH excluding ortho intramolecular Hbond substituents is 1. The average Bonchev–Trinajstić information content (AvgIpc) is 2.76. The highest BCUT2D eigenvalue weighted by atomic mass is 16.5. The van der Waals surface area contributed by atoms with Gasteiger partial charge in [0.2, 0.25) is 0 Å². The molecule has 4 heteroatoms. The van der Waals surface area contributed by atoms with Crippen LogP contribution in [0.15, 0.2) is 66.7 Å². The van der Waals surface area contributed by atoms with Crippen LogP contribution < -0.4 is 15.4 Å².